The van der Waals surface area contributed by atoms with E-state index in [4.69, 9.17) is 4.74 Å². The molecular formula is C32H55N3O2. The van der Waals surface area contributed by atoms with Gasteiger partial charge in [-0.25, -0.2) is 4.98 Å². The van der Waals surface area contributed by atoms with Gasteiger partial charge in [0.15, 0.2) is 0 Å². The predicted octanol–water partition coefficient (Wildman–Crippen LogP) is 9.72. The lowest BCUT2D eigenvalue weighted by Crippen LogP contribution is -2.30. The quantitative estimate of drug-likeness (QED) is 0.264. The van der Waals surface area contributed by atoms with Crippen LogP contribution < -0.4 is 0 Å². The molecular weight excluding hydrogens is 458 g/mol. The summed E-state index contributed by atoms with van der Waals surface area (Å²) in [6.07, 6.45) is 12.3. The highest BCUT2D eigenvalue weighted by Gasteiger charge is 2.31. The fourth-order valence-electron chi connectivity index (χ4n) is 3.23. The van der Waals surface area contributed by atoms with Crippen molar-refractivity contribution in [2.24, 2.45) is 0 Å². The van der Waals surface area contributed by atoms with Crippen molar-refractivity contribution in [3.05, 3.63) is 85.4 Å². The molecule has 0 unspecified atom stereocenters. The summed E-state index contributed by atoms with van der Waals surface area (Å²) in [6.45, 7) is 36.2. The summed E-state index contributed by atoms with van der Waals surface area (Å²) < 4.78 is 5.75. The Morgan fingerprint density at radius 3 is 2.19 bits per heavy atom. The lowest BCUT2D eigenvalue weighted by Gasteiger charge is -2.22. The molecule has 5 nitrogen and oxygen atoms in total. The number of imidazole rings is 1. The molecule has 5 heteroatoms. The number of likely N-dealkylation sites (tertiary alicyclic amines) is 1. The van der Waals surface area contributed by atoms with E-state index in [-0.39, 0.29) is 11.9 Å². The number of allylic oxidation sites excluding steroid dienone is 6. The van der Waals surface area contributed by atoms with Crippen LogP contribution >= 0.6 is 0 Å². The molecule has 210 valence electrons. The van der Waals surface area contributed by atoms with Crippen molar-refractivity contribution < 1.29 is 9.53 Å². The summed E-state index contributed by atoms with van der Waals surface area (Å²) in [5.41, 5.74) is 2.30. The summed E-state index contributed by atoms with van der Waals surface area (Å²) in [5, 5.41) is 0. The van der Waals surface area contributed by atoms with Gasteiger partial charge in [0.2, 0.25) is 5.91 Å². The van der Waals surface area contributed by atoms with Gasteiger partial charge in [0, 0.05) is 18.5 Å². The molecule has 1 aliphatic heterocycles. The average molecular weight is 514 g/mol. The zero-order valence-corrected chi connectivity index (χ0v) is 25.5. The highest BCUT2D eigenvalue weighted by Crippen LogP contribution is 2.31. The standard InChI is InChI=1S/C23H29N3O2.C3H8.3C2H6/c1-7-11-19(8-2)18(6)28-17(5)14-16(4)20-15-24-23(25-20)21-12-10-13-26(21)22(27)9-3;1-3-2;3*1-2/h7-8,11,14-15,21H,1-2,4,6,9-10,12-13H2,3,5H3,(H,24,25);3H2,1-2H3;3*1-2H3/b17-14+,19-11+;;;;/t21-;;;;/m0..../s1. The second kappa shape index (κ2) is 24.6. The molecule has 0 aliphatic carbocycles. The molecule has 2 heterocycles. The number of aromatic amines is 1. The maximum absolute atomic E-state index is 12.1. The van der Waals surface area contributed by atoms with Crippen molar-refractivity contribution in [1.82, 2.24) is 14.9 Å². The average Bonchev–Trinajstić information content (AvgIpc) is 3.60. The molecule has 1 N–H and O–H groups in total. The Morgan fingerprint density at radius 1 is 1.14 bits per heavy atom. The molecule has 0 bridgehead atoms. The lowest BCUT2D eigenvalue weighted by molar-refractivity contribution is -0.131. The van der Waals surface area contributed by atoms with Crippen LogP contribution in [0.4, 0.5) is 0 Å². The highest BCUT2D eigenvalue weighted by molar-refractivity contribution is 5.76. The summed E-state index contributed by atoms with van der Waals surface area (Å²) in [5.74, 6) is 2.09. The molecule has 1 saturated heterocycles. The number of H-pyrrole nitrogens is 1. The van der Waals surface area contributed by atoms with E-state index in [1.807, 2.05) is 66.4 Å². The van der Waals surface area contributed by atoms with Gasteiger partial charge in [-0.15, -0.1) is 0 Å². The van der Waals surface area contributed by atoms with Crippen LogP contribution in [-0.2, 0) is 9.53 Å². The summed E-state index contributed by atoms with van der Waals surface area (Å²) in [4.78, 5) is 21.8. The topological polar surface area (TPSA) is 58.2 Å². The van der Waals surface area contributed by atoms with E-state index in [1.165, 1.54) is 6.42 Å². The molecule has 37 heavy (non-hydrogen) atoms. The molecule has 1 amide bonds. The first-order valence-electron chi connectivity index (χ1n) is 13.9. The van der Waals surface area contributed by atoms with Crippen LogP contribution in [0.1, 0.15) is 112 Å². The van der Waals surface area contributed by atoms with Gasteiger partial charge in [-0.1, -0.05) is 113 Å². The lowest BCUT2D eigenvalue weighted by atomic mass is 10.2. The number of nitrogens with zero attached hydrogens (tertiary/aromatic N) is 2. The van der Waals surface area contributed by atoms with Gasteiger partial charge >= 0.3 is 0 Å². The van der Waals surface area contributed by atoms with Gasteiger partial charge in [0.1, 0.15) is 17.3 Å². The number of aromatic nitrogens is 2. The summed E-state index contributed by atoms with van der Waals surface area (Å²) in [7, 11) is 0. The number of carbonyl (C=O) groups excluding carboxylic acids is 1. The first kappa shape index (κ1) is 38.5. The maximum atomic E-state index is 12.1. The molecule has 1 fully saturated rings. The van der Waals surface area contributed by atoms with Crippen LogP contribution in [0.2, 0.25) is 0 Å². The van der Waals surface area contributed by atoms with Crippen molar-refractivity contribution in [3.63, 3.8) is 0 Å². The van der Waals surface area contributed by atoms with Crippen LogP contribution in [0.15, 0.2) is 73.9 Å². The summed E-state index contributed by atoms with van der Waals surface area (Å²) in [6, 6.07) is 0.00861. The highest BCUT2D eigenvalue weighted by atomic mass is 16.5. The van der Waals surface area contributed by atoms with Gasteiger partial charge in [-0.2, -0.15) is 0 Å². The molecule has 0 radical (unpaired) electrons. The van der Waals surface area contributed by atoms with Crippen LogP contribution in [0.5, 0.6) is 0 Å². The minimum absolute atomic E-state index is 0.00861. The van der Waals surface area contributed by atoms with Gasteiger partial charge in [0.05, 0.1) is 17.9 Å². The van der Waals surface area contributed by atoms with Crippen molar-refractivity contribution >= 4 is 11.5 Å². The second-order valence-electron chi connectivity index (χ2n) is 7.36. The molecule has 1 aromatic heterocycles. The fourth-order valence-corrected chi connectivity index (χ4v) is 3.23. The Labute approximate surface area is 228 Å². The van der Waals surface area contributed by atoms with Crippen LogP contribution in [0.3, 0.4) is 0 Å². The molecule has 0 spiro atoms. The van der Waals surface area contributed by atoms with Crippen LogP contribution in [0.25, 0.3) is 5.57 Å². The Bertz CT molecular complexity index is 859. The number of carbonyl (C=O) groups is 1. The van der Waals surface area contributed by atoms with E-state index in [1.54, 1.807) is 24.4 Å². The van der Waals surface area contributed by atoms with Crippen LogP contribution in [-0.4, -0.2) is 27.3 Å². The van der Waals surface area contributed by atoms with Crippen molar-refractivity contribution in [1.29, 1.82) is 0 Å². The van der Waals surface area contributed by atoms with Crippen molar-refractivity contribution in [2.75, 3.05) is 6.54 Å². The molecule has 1 aromatic rings. The van der Waals surface area contributed by atoms with E-state index >= 15 is 0 Å². The van der Waals surface area contributed by atoms with E-state index in [9.17, 15) is 4.79 Å². The SMILES string of the molecule is C=C/C=C(\C=C)C(=C)O/C(C)=C/C(=C)c1cnc([C@@H]2CCCN2C(=O)CC)[nH]1.CC.CC.CC.CCC. The number of amides is 1. The third-order valence-corrected chi connectivity index (χ3v) is 4.63. The molecule has 0 saturated carbocycles. The number of hydrogen-bond acceptors (Lipinski definition) is 3. The maximum Gasteiger partial charge on any atom is 0.222 e. The Hall–Kier alpha value is -3.08. The van der Waals surface area contributed by atoms with Gasteiger partial charge in [-0.3, -0.25) is 4.79 Å². The van der Waals surface area contributed by atoms with Crippen molar-refractivity contribution in [2.45, 2.75) is 101 Å². The third kappa shape index (κ3) is 14.3. The third-order valence-electron chi connectivity index (χ3n) is 4.63. The minimum Gasteiger partial charge on any atom is -0.462 e. The first-order valence-corrected chi connectivity index (χ1v) is 13.9. The normalized spacial score (nSPS) is 14.1. The fraction of sp³-hybridized carbons (Fsp3) is 0.500. The Balaban J connectivity index is -0.00000114. The second-order valence-corrected chi connectivity index (χ2v) is 7.36. The molecule has 1 aliphatic rings. The predicted molar refractivity (Wildman–Crippen MR) is 164 cm³/mol. The number of hydrogen-bond donors (Lipinski definition) is 1. The van der Waals surface area contributed by atoms with Crippen molar-refractivity contribution in [3.8, 4) is 0 Å². The molecule has 2 rings (SSSR count). The number of rotatable bonds is 9. The number of ether oxygens (including phenoxy) is 1. The molecule has 0 aromatic carbocycles. The van der Waals surface area contributed by atoms with E-state index in [0.717, 1.165) is 42.1 Å². The zero-order chi connectivity index (χ0) is 29.4. The molecule has 1 atom stereocenters. The summed E-state index contributed by atoms with van der Waals surface area (Å²) >= 11 is 0. The zero-order valence-electron chi connectivity index (χ0n) is 25.5. The van der Waals surface area contributed by atoms with Gasteiger partial charge in [0.25, 0.3) is 0 Å². The first-order chi connectivity index (χ1) is 17.8. The van der Waals surface area contributed by atoms with Crippen LogP contribution in [0, 0.1) is 0 Å². The van der Waals surface area contributed by atoms with E-state index in [0.29, 0.717) is 17.9 Å². The van der Waals surface area contributed by atoms with Gasteiger partial charge in [-0.05, 0) is 31.4 Å². The largest absolute Gasteiger partial charge is 0.462 e. The monoisotopic (exact) mass is 513 g/mol. The van der Waals surface area contributed by atoms with E-state index < -0.39 is 0 Å². The Morgan fingerprint density at radius 2 is 1.70 bits per heavy atom. The smallest absolute Gasteiger partial charge is 0.222 e. The van der Waals surface area contributed by atoms with E-state index in [2.05, 4.69) is 50.1 Å². The minimum atomic E-state index is 0.00861. The Kier molecular flexibility index (Phi) is 25.6. The van der Waals surface area contributed by atoms with Gasteiger partial charge < -0.3 is 14.6 Å². The number of nitrogens with one attached hydrogen (secondary N) is 1.